The summed E-state index contributed by atoms with van der Waals surface area (Å²) in [7, 11) is 0. The fraction of sp³-hybridized carbons (Fsp3) is 0.364. The molecule has 0 spiro atoms. The molecule has 5 nitrogen and oxygen atoms in total. The summed E-state index contributed by atoms with van der Waals surface area (Å²) in [6.45, 7) is 0.355. The van der Waals surface area contributed by atoms with Gasteiger partial charge in [0.1, 0.15) is 5.69 Å². The topological polar surface area (TPSA) is 77.8 Å². The van der Waals surface area contributed by atoms with E-state index in [1.807, 2.05) is 0 Å². The summed E-state index contributed by atoms with van der Waals surface area (Å²) in [6.07, 6.45) is -3.98. The molecule has 0 aliphatic rings. The van der Waals surface area contributed by atoms with Crippen LogP contribution in [0.15, 0.2) is 22.9 Å². The van der Waals surface area contributed by atoms with Crippen molar-refractivity contribution in [3.63, 3.8) is 0 Å². The third kappa shape index (κ3) is 3.75. The first-order valence-corrected chi connectivity index (χ1v) is 5.52. The molecule has 0 amide bonds. The molecule has 2 aromatic rings. The maximum Gasteiger partial charge on any atom is 0.389 e. The van der Waals surface area contributed by atoms with Gasteiger partial charge in [0.15, 0.2) is 5.82 Å². The Morgan fingerprint density at radius 2 is 2.05 bits per heavy atom. The van der Waals surface area contributed by atoms with Gasteiger partial charge in [-0.1, -0.05) is 11.2 Å². The third-order valence-corrected chi connectivity index (χ3v) is 2.38. The summed E-state index contributed by atoms with van der Waals surface area (Å²) in [5.41, 5.74) is 6.66. The van der Waals surface area contributed by atoms with Gasteiger partial charge < -0.3 is 10.3 Å². The summed E-state index contributed by atoms with van der Waals surface area (Å²) in [4.78, 5) is 7.91. The second kappa shape index (κ2) is 5.35. The van der Waals surface area contributed by atoms with E-state index in [2.05, 4.69) is 15.1 Å². The molecule has 0 atom stereocenters. The van der Waals surface area contributed by atoms with Crippen molar-refractivity contribution in [3.8, 4) is 11.6 Å². The summed E-state index contributed by atoms with van der Waals surface area (Å²) < 4.78 is 41.0. The Morgan fingerprint density at radius 3 is 2.63 bits per heavy atom. The van der Waals surface area contributed by atoms with Crippen LogP contribution in [0.5, 0.6) is 0 Å². The first kappa shape index (κ1) is 13.5. The number of hydrogen-bond acceptors (Lipinski definition) is 5. The van der Waals surface area contributed by atoms with Crippen LogP contribution in [0.2, 0.25) is 0 Å². The molecule has 0 saturated carbocycles. The Labute approximate surface area is 106 Å². The van der Waals surface area contributed by atoms with Crippen molar-refractivity contribution < 1.29 is 17.7 Å². The number of hydrogen-bond donors (Lipinski definition) is 1. The number of nitrogens with zero attached hydrogens (tertiary/aromatic N) is 3. The number of rotatable bonds is 4. The van der Waals surface area contributed by atoms with Crippen LogP contribution in [0.3, 0.4) is 0 Å². The molecule has 2 rings (SSSR count). The minimum absolute atomic E-state index is 0.0111. The van der Waals surface area contributed by atoms with Crippen molar-refractivity contribution in [2.45, 2.75) is 25.6 Å². The minimum atomic E-state index is -4.23. The Hall–Kier alpha value is -1.96. The quantitative estimate of drug-likeness (QED) is 0.922. The van der Waals surface area contributed by atoms with Gasteiger partial charge in [0.05, 0.1) is 6.42 Å². The molecule has 0 radical (unpaired) electrons. The standard InChI is InChI=1S/C11H11F3N4O/c12-11(13,14)4-3-9-17-10(19-18-9)8-2-1-7(5-15)6-16-8/h1-2,6H,3-5,15H2. The number of aromatic nitrogens is 3. The van der Waals surface area contributed by atoms with Gasteiger partial charge in [-0.25, -0.2) is 0 Å². The lowest BCUT2D eigenvalue weighted by Crippen LogP contribution is -2.09. The molecular formula is C11H11F3N4O. The number of pyridine rings is 1. The Kier molecular flexibility index (Phi) is 3.79. The van der Waals surface area contributed by atoms with E-state index in [1.54, 1.807) is 18.3 Å². The van der Waals surface area contributed by atoms with Crippen LogP contribution in [0.4, 0.5) is 13.2 Å². The highest BCUT2D eigenvalue weighted by molar-refractivity contribution is 5.46. The maximum absolute atomic E-state index is 12.0. The van der Waals surface area contributed by atoms with Gasteiger partial charge >= 0.3 is 6.18 Å². The van der Waals surface area contributed by atoms with Crippen LogP contribution in [0, 0.1) is 0 Å². The maximum atomic E-state index is 12.0. The summed E-state index contributed by atoms with van der Waals surface area (Å²) in [5.74, 6) is 0.109. The lowest BCUT2D eigenvalue weighted by molar-refractivity contribution is -0.134. The monoisotopic (exact) mass is 272 g/mol. The molecule has 0 aromatic carbocycles. The fourth-order valence-corrected chi connectivity index (χ4v) is 1.38. The highest BCUT2D eigenvalue weighted by atomic mass is 19.4. The zero-order chi connectivity index (χ0) is 13.9. The van der Waals surface area contributed by atoms with E-state index in [-0.39, 0.29) is 18.1 Å². The smallest absolute Gasteiger partial charge is 0.332 e. The van der Waals surface area contributed by atoms with E-state index >= 15 is 0 Å². The Morgan fingerprint density at radius 1 is 1.26 bits per heavy atom. The molecule has 8 heteroatoms. The predicted molar refractivity (Wildman–Crippen MR) is 59.8 cm³/mol. The number of alkyl halides is 3. The minimum Gasteiger partial charge on any atom is -0.332 e. The van der Waals surface area contributed by atoms with Gasteiger partial charge in [-0.2, -0.15) is 18.2 Å². The first-order valence-electron chi connectivity index (χ1n) is 5.52. The van der Waals surface area contributed by atoms with Crippen molar-refractivity contribution in [2.24, 2.45) is 5.73 Å². The SMILES string of the molecule is NCc1ccc(-c2nc(CCC(F)(F)F)no2)nc1. The predicted octanol–water partition coefficient (Wildman–Crippen LogP) is 2.09. The van der Waals surface area contributed by atoms with Gasteiger partial charge in [-0.3, -0.25) is 4.98 Å². The average molecular weight is 272 g/mol. The van der Waals surface area contributed by atoms with Gasteiger partial charge in [-0.15, -0.1) is 0 Å². The van der Waals surface area contributed by atoms with E-state index in [1.165, 1.54) is 0 Å². The highest BCUT2D eigenvalue weighted by Gasteiger charge is 2.27. The third-order valence-electron chi connectivity index (χ3n) is 2.38. The van der Waals surface area contributed by atoms with Crippen LogP contribution in [-0.4, -0.2) is 21.3 Å². The van der Waals surface area contributed by atoms with Crippen molar-refractivity contribution in [3.05, 3.63) is 29.7 Å². The molecule has 0 saturated heterocycles. The fourth-order valence-electron chi connectivity index (χ4n) is 1.38. The van der Waals surface area contributed by atoms with Crippen molar-refractivity contribution >= 4 is 0 Å². The van der Waals surface area contributed by atoms with Crippen molar-refractivity contribution in [1.29, 1.82) is 0 Å². The highest BCUT2D eigenvalue weighted by Crippen LogP contribution is 2.22. The summed E-state index contributed by atoms with van der Waals surface area (Å²) >= 11 is 0. The summed E-state index contributed by atoms with van der Waals surface area (Å²) in [5, 5.41) is 3.49. The molecule has 0 fully saturated rings. The molecule has 2 N–H and O–H groups in total. The Balaban J connectivity index is 2.07. The lowest BCUT2D eigenvalue weighted by Gasteiger charge is -2.01. The van der Waals surface area contributed by atoms with Gasteiger partial charge in [0.25, 0.3) is 5.89 Å². The van der Waals surface area contributed by atoms with E-state index in [4.69, 9.17) is 10.3 Å². The van der Waals surface area contributed by atoms with E-state index in [9.17, 15) is 13.2 Å². The van der Waals surface area contributed by atoms with E-state index < -0.39 is 12.6 Å². The molecule has 2 heterocycles. The van der Waals surface area contributed by atoms with Crippen molar-refractivity contribution in [2.75, 3.05) is 0 Å². The molecule has 0 aliphatic carbocycles. The largest absolute Gasteiger partial charge is 0.389 e. The number of nitrogens with two attached hydrogens (primary N) is 1. The van der Waals surface area contributed by atoms with Crippen LogP contribution >= 0.6 is 0 Å². The molecule has 102 valence electrons. The van der Waals surface area contributed by atoms with Crippen LogP contribution in [0.25, 0.3) is 11.6 Å². The molecule has 19 heavy (non-hydrogen) atoms. The first-order chi connectivity index (χ1) is 8.98. The van der Waals surface area contributed by atoms with Gasteiger partial charge in [0, 0.05) is 19.2 Å². The van der Waals surface area contributed by atoms with Crippen molar-refractivity contribution in [1.82, 2.24) is 15.1 Å². The summed E-state index contributed by atoms with van der Waals surface area (Å²) in [6, 6.07) is 3.37. The van der Waals surface area contributed by atoms with Gasteiger partial charge in [0.2, 0.25) is 0 Å². The zero-order valence-corrected chi connectivity index (χ0v) is 9.81. The second-order valence-corrected chi connectivity index (χ2v) is 3.89. The average Bonchev–Trinajstić information content (AvgIpc) is 2.84. The number of halogens is 3. The van der Waals surface area contributed by atoms with E-state index in [0.29, 0.717) is 12.2 Å². The zero-order valence-electron chi connectivity index (χ0n) is 9.81. The molecule has 0 bridgehead atoms. The van der Waals surface area contributed by atoms with Crippen LogP contribution < -0.4 is 5.73 Å². The van der Waals surface area contributed by atoms with Crippen LogP contribution in [0.1, 0.15) is 17.8 Å². The van der Waals surface area contributed by atoms with E-state index in [0.717, 1.165) is 5.56 Å². The molecular weight excluding hydrogens is 261 g/mol. The molecule has 0 unspecified atom stereocenters. The second-order valence-electron chi connectivity index (χ2n) is 3.89. The normalized spacial score (nSPS) is 11.8. The van der Waals surface area contributed by atoms with Crippen LogP contribution in [-0.2, 0) is 13.0 Å². The lowest BCUT2D eigenvalue weighted by atomic mass is 10.2. The van der Waals surface area contributed by atoms with Gasteiger partial charge in [-0.05, 0) is 11.6 Å². The Bertz CT molecular complexity index is 536. The number of aryl methyl sites for hydroxylation is 1. The molecule has 0 aliphatic heterocycles. The molecule has 2 aromatic heterocycles.